The second-order valence-electron chi connectivity index (χ2n) is 10.5. The molecule has 5 rings (SSSR count). The average molecular weight is 471 g/mol. The summed E-state index contributed by atoms with van der Waals surface area (Å²) in [5, 5.41) is 17.3. The van der Waals surface area contributed by atoms with E-state index in [2.05, 4.69) is 59.8 Å². The number of β-amino-alcohol motifs (C(OH)–C–C–N with tert-alkyl or cyclic N) is 1. The van der Waals surface area contributed by atoms with Gasteiger partial charge in [-0.3, -0.25) is 4.40 Å². The van der Waals surface area contributed by atoms with Crippen molar-refractivity contribution in [3.63, 3.8) is 0 Å². The molecular formula is C28H34N6O. The number of imidazole rings is 1. The number of nitrogens with one attached hydrogen (secondary N) is 2. The molecule has 0 saturated heterocycles. The lowest BCUT2D eigenvalue weighted by Gasteiger charge is -2.23. The van der Waals surface area contributed by atoms with Gasteiger partial charge in [0.05, 0.1) is 29.7 Å². The molecule has 1 aromatic carbocycles. The van der Waals surface area contributed by atoms with E-state index < -0.39 is 6.10 Å². The first kappa shape index (κ1) is 23.5. The van der Waals surface area contributed by atoms with Crippen molar-refractivity contribution in [2.24, 2.45) is 0 Å². The Morgan fingerprint density at radius 3 is 2.51 bits per heavy atom. The molecule has 3 aromatic heterocycles. The van der Waals surface area contributed by atoms with Crippen molar-refractivity contribution < 1.29 is 5.11 Å². The Balaban J connectivity index is 1.29. The van der Waals surface area contributed by atoms with Gasteiger partial charge in [-0.2, -0.15) is 0 Å². The molecule has 0 amide bonds. The summed E-state index contributed by atoms with van der Waals surface area (Å²) in [5.74, 6) is 1.21. The minimum atomic E-state index is -0.544. The molecule has 7 nitrogen and oxygen atoms in total. The van der Waals surface area contributed by atoms with Gasteiger partial charge in [0, 0.05) is 24.5 Å². The molecule has 7 heteroatoms. The summed E-state index contributed by atoms with van der Waals surface area (Å²) >= 11 is 0. The maximum absolute atomic E-state index is 10.5. The Morgan fingerprint density at radius 1 is 1.06 bits per heavy atom. The molecule has 0 bridgehead atoms. The van der Waals surface area contributed by atoms with E-state index in [-0.39, 0.29) is 11.6 Å². The third-order valence-corrected chi connectivity index (χ3v) is 6.49. The molecule has 0 unspecified atom stereocenters. The van der Waals surface area contributed by atoms with Crippen LogP contribution in [0.5, 0.6) is 0 Å². The Kier molecular flexibility index (Phi) is 6.30. The van der Waals surface area contributed by atoms with Gasteiger partial charge in [0.2, 0.25) is 5.95 Å². The van der Waals surface area contributed by atoms with Crippen molar-refractivity contribution in [1.82, 2.24) is 24.7 Å². The normalized spacial score (nSPS) is 15.8. The zero-order chi connectivity index (χ0) is 24.6. The van der Waals surface area contributed by atoms with Gasteiger partial charge in [0.15, 0.2) is 0 Å². The molecule has 182 valence electrons. The van der Waals surface area contributed by atoms with Crippen LogP contribution in [0, 0.1) is 0 Å². The van der Waals surface area contributed by atoms with Crippen molar-refractivity contribution in [3.05, 3.63) is 77.7 Å². The lowest BCUT2D eigenvalue weighted by atomic mass is 10.0. The number of nitrogens with zero attached hydrogens (tertiary/aromatic N) is 4. The SMILES string of the molecule is C[C@H](Nc1nccc(-c2cnc3c(C4CC4)cccn23)n1)c1ccc([C@H](O)CNC(C)(C)C)cc1. The van der Waals surface area contributed by atoms with Gasteiger partial charge >= 0.3 is 0 Å². The lowest BCUT2D eigenvalue weighted by Crippen LogP contribution is -2.38. The highest BCUT2D eigenvalue weighted by molar-refractivity contribution is 5.64. The van der Waals surface area contributed by atoms with Crippen LogP contribution in [0.15, 0.2) is 61.1 Å². The molecule has 1 saturated carbocycles. The van der Waals surface area contributed by atoms with E-state index in [9.17, 15) is 5.11 Å². The first-order valence-electron chi connectivity index (χ1n) is 12.4. The Labute approximate surface area is 206 Å². The topological polar surface area (TPSA) is 87.4 Å². The Hall–Kier alpha value is -3.29. The van der Waals surface area contributed by atoms with E-state index in [4.69, 9.17) is 9.97 Å². The lowest BCUT2D eigenvalue weighted by molar-refractivity contribution is 0.163. The number of hydrogen-bond donors (Lipinski definition) is 3. The number of anilines is 1. The fourth-order valence-corrected chi connectivity index (χ4v) is 4.31. The van der Waals surface area contributed by atoms with Crippen LogP contribution in [-0.4, -0.2) is 36.5 Å². The molecule has 3 N–H and O–H groups in total. The molecular weight excluding hydrogens is 436 g/mol. The van der Waals surface area contributed by atoms with E-state index in [0.717, 1.165) is 28.2 Å². The van der Waals surface area contributed by atoms with Crippen LogP contribution in [-0.2, 0) is 0 Å². The third-order valence-electron chi connectivity index (χ3n) is 6.49. The van der Waals surface area contributed by atoms with Gasteiger partial charge < -0.3 is 15.7 Å². The van der Waals surface area contributed by atoms with Crippen molar-refractivity contribution in [1.29, 1.82) is 0 Å². The molecule has 3 heterocycles. The van der Waals surface area contributed by atoms with Gasteiger partial charge in [-0.15, -0.1) is 0 Å². The van der Waals surface area contributed by atoms with Gasteiger partial charge in [-0.05, 0) is 75.3 Å². The second-order valence-corrected chi connectivity index (χ2v) is 10.5. The van der Waals surface area contributed by atoms with E-state index in [1.807, 2.05) is 42.7 Å². The zero-order valence-corrected chi connectivity index (χ0v) is 20.9. The van der Waals surface area contributed by atoms with Gasteiger partial charge in [-0.1, -0.05) is 30.3 Å². The van der Waals surface area contributed by atoms with Crippen molar-refractivity contribution in [3.8, 4) is 11.4 Å². The van der Waals surface area contributed by atoms with Crippen molar-refractivity contribution >= 4 is 11.6 Å². The van der Waals surface area contributed by atoms with Gasteiger partial charge in [0.25, 0.3) is 0 Å². The Bertz CT molecular complexity index is 1300. The smallest absolute Gasteiger partial charge is 0.223 e. The second kappa shape index (κ2) is 9.40. The summed E-state index contributed by atoms with van der Waals surface area (Å²) < 4.78 is 2.13. The van der Waals surface area contributed by atoms with E-state index in [1.165, 1.54) is 18.4 Å². The summed E-state index contributed by atoms with van der Waals surface area (Å²) in [7, 11) is 0. The van der Waals surface area contributed by atoms with Crippen molar-refractivity contribution in [2.45, 2.75) is 64.1 Å². The maximum atomic E-state index is 10.5. The summed E-state index contributed by atoms with van der Waals surface area (Å²) in [5.41, 5.74) is 6.10. The molecule has 0 aliphatic heterocycles. The summed E-state index contributed by atoms with van der Waals surface area (Å²) in [6, 6.07) is 14.3. The predicted octanol–water partition coefficient (Wildman–Crippen LogP) is 5.26. The minimum absolute atomic E-state index is 0.00722. The third kappa shape index (κ3) is 5.36. The van der Waals surface area contributed by atoms with Crippen LogP contribution in [0.4, 0.5) is 5.95 Å². The molecule has 1 aliphatic rings. The fraction of sp³-hybridized carbons (Fsp3) is 0.393. The number of fused-ring (bicyclic) bond motifs is 1. The quantitative estimate of drug-likeness (QED) is 0.325. The molecule has 1 aliphatic carbocycles. The molecule has 0 spiro atoms. The highest BCUT2D eigenvalue weighted by Gasteiger charge is 2.26. The highest BCUT2D eigenvalue weighted by atomic mass is 16.3. The van der Waals surface area contributed by atoms with Crippen LogP contribution in [0.25, 0.3) is 17.0 Å². The monoisotopic (exact) mass is 470 g/mol. The number of rotatable bonds is 8. The van der Waals surface area contributed by atoms with Crippen LogP contribution in [0.1, 0.15) is 75.3 Å². The van der Waals surface area contributed by atoms with Gasteiger partial charge in [0.1, 0.15) is 5.65 Å². The standard InChI is InChI=1S/C28H34N6O/c1-18(19-7-11-21(12-8-19)25(35)17-31-28(2,3)4)32-27-29-14-13-23(33-27)24-16-30-26-22(20-9-10-20)6-5-15-34(24)26/h5-8,11-16,18,20,25,31,35H,9-10,17H2,1-4H3,(H,29,32,33)/t18-,25+/m0/s1. The zero-order valence-electron chi connectivity index (χ0n) is 20.9. The minimum Gasteiger partial charge on any atom is -0.387 e. The number of aliphatic hydroxyl groups excluding tert-OH is 1. The fourth-order valence-electron chi connectivity index (χ4n) is 4.31. The van der Waals surface area contributed by atoms with Crippen molar-refractivity contribution in [2.75, 3.05) is 11.9 Å². The van der Waals surface area contributed by atoms with Crippen LogP contribution < -0.4 is 10.6 Å². The van der Waals surface area contributed by atoms with Crippen LogP contribution in [0.2, 0.25) is 0 Å². The summed E-state index contributed by atoms with van der Waals surface area (Å²) in [4.78, 5) is 13.9. The number of hydrogen-bond acceptors (Lipinski definition) is 6. The number of aliphatic hydroxyl groups is 1. The van der Waals surface area contributed by atoms with Crippen LogP contribution >= 0.6 is 0 Å². The van der Waals surface area contributed by atoms with E-state index in [0.29, 0.717) is 18.4 Å². The highest BCUT2D eigenvalue weighted by Crippen LogP contribution is 2.42. The van der Waals surface area contributed by atoms with Gasteiger partial charge in [-0.25, -0.2) is 15.0 Å². The largest absolute Gasteiger partial charge is 0.387 e. The molecule has 4 aromatic rings. The average Bonchev–Trinajstić information content (AvgIpc) is 3.60. The maximum Gasteiger partial charge on any atom is 0.223 e. The van der Waals surface area contributed by atoms with E-state index in [1.54, 1.807) is 6.20 Å². The number of pyridine rings is 1. The molecule has 2 atom stereocenters. The summed E-state index contributed by atoms with van der Waals surface area (Å²) in [6.45, 7) is 8.87. The number of aromatic nitrogens is 4. The Morgan fingerprint density at radius 2 is 1.80 bits per heavy atom. The molecule has 35 heavy (non-hydrogen) atoms. The predicted molar refractivity (Wildman–Crippen MR) is 139 cm³/mol. The first-order valence-corrected chi connectivity index (χ1v) is 12.4. The first-order chi connectivity index (χ1) is 16.8. The van der Waals surface area contributed by atoms with Crippen LogP contribution in [0.3, 0.4) is 0 Å². The molecule has 1 fully saturated rings. The summed E-state index contributed by atoms with van der Waals surface area (Å²) in [6.07, 6.45) is 7.68. The number of benzene rings is 1. The van der Waals surface area contributed by atoms with E-state index >= 15 is 0 Å². The molecule has 0 radical (unpaired) electrons.